The minimum Gasteiger partial charge on any atom is -0.301 e. The van der Waals surface area contributed by atoms with Crippen LogP contribution in [0.3, 0.4) is 0 Å². The monoisotopic (exact) mass is 281 g/mol. The van der Waals surface area contributed by atoms with Crippen molar-refractivity contribution < 1.29 is 14.1 Å². The van der Waals surface area contributed by atoms with Crippen molar-refractivity contribution in [1.82, 2.24) is 5.32 Å². The SMILES string of the molecule is C[N+]1(Cc2ccccc2)C(=O)CC(NCCCl)C1=O. The van der Waals surface area contributed by atoms with E-state index in [-0.39, 0.29) is 22.7 Å². The highest BCUT2D eigenvalue weighted by Gasteiger charge is 2.52. The Balaban J connectivity index is 2.14. The van der Waals surface area contributed by atoms with E-state index in [4.69, 9.17) is 11.6 Å². The normalized spacial score (nSPS) is 26.9. The molecular formula is C14H18ClN2O2+. The standard InChI is InChI=1S/C14H18ClN2O2/c1-17(10-11-5-3-2-4-6-11)13(18)9-12(14(17)19)16-8-7-15/h2-6,12,16H,7-10H2,1H3/q+1. The maximum absolute atomic E-state index is 12.4. The van der Waals surface area contributed by atoms with Gasteiger partial charge >= 0.3 is 11.8 Å². The molecule has 1 fully saturated rings. The van der Waals surface area contributed by atoms with Crippen LogP contribution in [0.1, 0.15) is 12.0 Å². The summed E-state index contributed by atoms with van der Waals surface area (Å²) in [4.78, 5) is 24.6. The Morgan fingerprint density at radius 2 is 2.00 bits per heavy atom. The van der Waals surface area contributed by atoms with Crippen LogP contribution in [0.4, 0.5) is 0 Å². The number of hydrogen-bond donors (Lipinski definition) is 1. The maximum Gasteiger partial charge on any atom is 0.338 e. The van der Waals surface area contributed by atoms with Crippen LogP contribution in [0.2, 0.25) is 0 Å². The summed E-state index contributed by atoms with van der Waals surface area (Å²) in [6, 6.07) is 9.21. The minimum atomic E-state index is -0.403. The van der Waals surface area contributed by atoms with Crippen LogP contribution in [0.15, 0.2) is 30.3 Å². The molecule has 19 heavy (non-hydrogen) atoms. The van der Waals surface area contributed by atoms with E-state index in [1.807, 2.05) is 30.3 Å². The number of amides is 2. The lowest BCUT2D eigenvalue weighted by Gasteiger charge is -2.24. The molecule has 1 aromatic rings. The summed E-state index contributed by atoms with van der Waals surface area (Å²) in [5.74, 6) is 0.320. The highest BCUT2D eigenvalue weighted by Crippen LogP contribution is 2.24. The molecule has 0 spiro atoms. The van der Waals surface area contributed by atoms with E-state index in [2.05, 4.69) is 5.32 Å². The number of carbonyl (C=O) groups is 2. The average molecular weight is 282 g/mol. The van der Waals surface area contributed by atoms with Gasteiger partial charge in [0.1, 0.15) is 12.6 Å². The maximum atomic E-state index is 12.4. The van der Waals surface area contributed by atoms with E-state index in [1.54, 1.807) is 7.05 Å². The van der Waals surface area contributed by atoms with E-state index in [9.17, 15) is 9.59 Å². The van der Waals surface area contributed by atoms with E-state index in [0.29, 0.717) is 19.0 Å². The molecule has 1 heterocycles. The van der Waals surface area contributed by atoms with Gasteiger partial charge in [0.05, 0.1) is 13.5 Å². The molecule has 0 aliphatic carbocycles. The number of rotatable bonds is 5. The van der Waals surface area contributed by atoms with Gasteiger partial charge in [-0.25, -0.2) is 9.59 Å². The predicted molar refractivity (Wildman–Crippen MR) is 73.5 cm³/mol. The van der Waals surface area contributed by atoms with Gasteiger partial charge in [0.15, 0.2) is 0 Å². The minimum absolute atomic E-state index is 0.0408. The van der Waals surface area contributed by atoms with Gasteiger partial charge in [-0.3, -0.25) is 0 Å². The molecule has 2 rings (SSSR count). The first-order valence-electron chi connectivity index (χ1n) is 6.34. The summed E-state index contributed by atoms with van der Waals surface area (Å²) in [7, 11) is 1.69. The number of likely N-dealkylation sites (N-methyl/N-ethyl adjacent to an activating group) is 1. The zero-order valence-electron chi connectivity index (χ0n) is 10.9. The van der Waals surface area contributed by atoms with Crippen molar-refractivity contribution in [2.24, 2.45) is 0 Å². The third-order valence-corrected chi connectivity index (χ3v) is 3.73. The van der Waals surface area contributed by atoms with Gasteiger partial charge in [-0.2, -0.15) is 4.48 Å². The Hall–Kier alpha value is -1.23. The molecule has 0 aromatic heterocycles. The predicted octanol–water partition coefficient (Wildman–Crippen LogP) is 1.29. The van der Waals surface area contributed by atoms with Crippen molar-refractivity contribution in [3.8, 4) is 0 Å². The molecule has 2 atom stereocenters. The van der Waals surface area contributed by atoms with Gasteiger partial charge in [0.25, 0.3) is 0 Å². The molecule has 1 aliphatic rings. The zero-order chi connectivity index (χ0) is 13.9. The quantitative estimate of drug-likeness (QED) is 0.503. The van der Waals surface area contributed by atoms with Crippen LogP contribution < -0.4 is 5.32 Å². The molecule has 5 heteroatoms. The van der Waals surface area contributed by atoms with Crippen molar-refractivity contribution in [2.45, 2.75) is 19.0 Å². The second-order valence-corrected chi connectivity index (χ2v) is 5.34. The molecule has 0 bridgehead atoms. The van der Waals surface area contributed by atoms with Gasteiger partial charge < -0.3 is 5.32 Å². The number of quaternary nitrogens is 1. The Kier molecular flexibility index (Phi) is 4.34. The van der Waals surface area contributed by atoms with Crippen LogP contribution in [-0.4, -0.2) is 41.8 Å². The Bertz CT molecular complexity index is 478. The summed E-state index contributed by atoms with van der Waals surface area (Å²) in [5, 5.41) is 3.03. The summed E-state index contributed by atoms with van der Waals surface area (Å²) < 4.78 is -0.163. The summed E-state index contributed by atoms with van der Waals surface area (Å²) >= 11 is 5.60. The van der Waals surface area contributed by atoms with Crippen molar-refractivity contribution >= 4 is 23.4 Å². The summed E-state index contributed by atoms with van der Waals surface area (Å²) in [5.41, 5.74) is 0.990. The number of nitrogens with one attached hydrogen (secondary N) is 1. The number of hydrogen-bond acceptors (Lipinski definition) is 3. The van der Waals surface area contributed by atoms with Gasteiger partial charge in [0.2, 0.25) is 0 Å². The van der Waals surface area contributed by atoms with Gasteiger partial charge in [-0.05, 0) is 0 Å². The van der Waals surface area contributed by atoms with Crippen LogP contribution in [0.25, 0.3) is 0 Å². The Morgan fingerprint density at radius 3 is 2.63 bits per heavy atom. The lowest BCUT2D eigenvalue weighted by atomic mass is 10.2. The molecule has 0 radical (unpaired) electrons. The number of halogens is 1. The van der Waals surface area contributed by atoms with E-state index in [1.165, 1.54) is 0 Å². The second kappa shape index (κ2) is 5.82. The second-order valence-electron chi connectivity index (χ2n) is 4.97. The number of alkyl halides is 1. The third kappa shape index (κ3) is 2.86. The molecular weight excluding hydrogens is 264 g/mol. The van der Waals surface area contributed by atoms with Crippen molar-refractivity contribution in [1.29, 1.82) is 0 Å². The number of likely N-dealkylation sites (tertiary alicyclic amines) is 1. The highest BCUT2D eigenvalue weighted by atomic mass is 35.5. The molecule has 4 nitrogen and oxygen atoms in total. The fraction of sp³-hybridized carbons (Fsp3) is 0.429. The topological polar surface area (TPSA) is 46.2 Å². The molecule has 2 amide bonds. The molecule has 1 N–H and O–H groups in total. The largest absolute Gasteiger partial charge is 0.338 e. The Labute approximate surface area is 117 Å². The Morgan fingerprint density at radius 1 is 1.32 bits per heavy atom. The fourth-order valence-corrected chi connectivity index (χ4v) is 2.54. The molecule has 0 saturated carbocycles. The van der Waals surface area contributed by atoms with Crippen LogP contribution in [-0.2, 0) is 16.1 Å². The van der Waals surface area contributed by atoms with Crippen LogP contribution in [0, 0.1) is 0 Å². The number of nitrogens with zero attached hydrogens (tertiary/aromatic N) is 1. The van der Waals surface area contributed by atoms with Gasteiger partial charge in [0, 0.05) is 18.0 Å². The van der Waals surface area contributed by atoms with Crippen LogP contribution in [0.5, 0.6) is 0 Å². The summed E-state index contributed by atoms with van der Waals surface area (Å²) in [6.45, 7) is 0.953. The van der Waals surface area contributed by atoms with Crippen molar-refractivity contribution in [3.63, 3.8) is 0 Å². The molecule has 1 aliphatic heterocycles. The molecule has 102 valence electrons. The smallest absolute Gasteiger partial charge is 0.301 e. The van der Waals surface area contributed by atoms with Gasteiger partial charge in [-0.1, -0.05) is 30.3 Å². The number of imide groups is 1. The fourth-order valence-electron chi connectivity index (χ4n) is 2.43. The molecule has 1 aromatic carbocycles. The van der Waals surface area contributed by atoms with Crippen molar-refractivity contribution in [3.05, 3.63) is 35.9 Å². The zero-order valence-corrected chi connectivity index (χ0v) is 11.7. The van der Waals surface area contributed by atoms with E-state index >= 15 is 0 Å². The van der Waals surface area contributed by atoms with E-state index < -0.39 is 6.04 Å². The number of carbonyl (C=O) groups excluding carboxylic acids is 2. The molecule has 2 unspecified atom stereocenters. The third-order valence-electron chi connectivity index (χ3n) is 3.54. The average Bonchev–Trinajstić information content (AvgIpc) is 2.62. The lowest BCUT2D eigenvalue weighted by molar-refractivity contribution is -0.766. The molecule has 1 saturated heterocycles. The number of benzene rings is 1. The summed E-state index contributed by atoms with van der Waals surface area (Å²) in [6.07, 6.45) is 0.249. The first kappa shape index (κ1) is 14.2. The van der Waals surface area contributed by atoms with Crippen LogP contribution >= 0.6 is 11.6 Å². The van der Waals surface area contributed by atoms with E-state index in [0.717, 1.165) is 5.56 Å². The van der Waals surface area contributed by atoms with Crippen molar-refractivity contribution in [2.75, 3.05) is 19.5 Å². The first-order valence-corrected chi connectivity index (χ1v) is 6.88. The van der Waals surface area contributed by atoms with Gasteiger partial charge in [-0.15, -0.1) is 11.6 Å². The highest BCUT2D eigenvalue weighted by molar-refractivity contribution is 6.18. The first-order chi connectivity index (χ1) is 9.08. The lowest BCUT2D eigenvalue weighted by Crippen LogP contribution is -2.51.